The van der Waals surface area contributed by atoms with Crippen molar-refractivity contribution in [2.45, 2.75) is 38.0 Å². The van der Waals surface area contributed by atoms with E-state index in [2.05, 4.69) is 17.1 Å². The van der Waals surface area contributed by atoms with Crippen LogP contribution in [0.5, 0.6) is 0 Å². The molecule has 3 heterocycles. The summed E-state index contributed by atoms with van der Waals surface area (Å²) < 4.78 is 5.86. The van der Waals surface area contributed by atoms with Gasteiger partial charge in [-0.25, -0.2) is 4.79 Å². The zero-order valence-electron chi connectivity index (χ0n) is 10.4. The van der Waals surface area contributed by atoms with Crippen LogP contribution in [0.25, 0.3) is 0 Å². The Bertz CT molecular complexity index is 310. The molecule has 0 saturated carbocycles. The lowest BCUT2D eigenvalue weighted by atomic mass is 10.1. The molecule has 0 aliphatic carbocycles. The van der Waals surface area contributed by atoms with Crippen LogP contribution in [0.4, 0.5) is 4.79 Å². The zero-order chi connectivity index (χ0) is 11.8. The SMILES string of the molecule is C[C@@H]1CC[C@@H](CN2CCN3C(=O)NC[C@@H]3C2)O1. The minimum absolute atomic E-state index is 0.111. The van der Waals surface area contributed by atoms with Gasteiger partial charge in [-0.15, -0.1) is 0 Å². The van der Waals surface area contributed by atoms with Crippen molar-refractivity contribution in [2.75, 3.05) is 32.7 Å². The summed E-state index contributed by atoms with van der Waals surface area (Å²) in [5.74, 6) is 0. The van der Waals surface area contributed by atoms with E-state index < -0.39 is 0 Å². The van der Waals surface area contributed by atoms with Crippen molar-refractivity contribution in [3.8, 4) is 0 Å². The van der Waals surface area contributed by atoms with E-state index in [1.54, 1.807) is 0 Å². The molecule has 0 aromatic carbocycles. The second-order valence-electron chi connectivity index (χ2n) is 5.44. The lowest BCUT2D eigenvalue weighted by Crippen LogP contribution is -2.53. The third-order valence-electron chi connectivity index (χ3n) is 4.10. The van der Waals surface area contributed by atoms with E-state index in [9.17, 15) is 4.79 Å². The monoisotopic (exact) mass is 239 g/mol. The summed E-state index contributed by atoms with van der Waals surface area (Å²) in [6, 6.07) is 0.482. The molecule has 3 rings (SSSR count). The normalized spacial score (nSPS) is 38.3. The van der Waals surface area contributed by atoms with E-state index >= 15 is 0 Å². The molecule has 0 spiro atoms. The van der Waals surface area contributed by atoms with Gasteiger partial charge in [0.15, 0.2) is 0 Å². The first-order chi connectivity index (χ1) is 8.22. The van der Waals surface area contributed by atoms with Crippen LogP contribution in [-0.4, -0.2) is 66.8 Å². The Morgan fingerprint density at radius 1 is 1.41 bits per heavy atom. The van der Waals surface area contributed by atoms with Crippen molar-refractivity contribution >= 4 is 6.03 Å². The van der Waals surface area contributed by atoms with Crippen LogP contribution in [0, 0.1) is 0 Å². The highest BCUT2D eigenvalue weighted by Crippen LogP contribution is 2.21. The van der Waals surface area contributed by atoms with Gasteiger partial charge >= 0.3 is 6.03 Å². The summed E-state index contributed by atoms with van der Waals surface area (Å²) in [4.78, 5) is 15.9. The number of carbonyl (C=O) groups is 1. The van der Waals surface area contributed by atoms with Gasteiger partial charge in [-0.2, -0.15) is 0 Å². The fraction of sp³-hybridized carbons (Fsp3) is 0.917. The Hall–Kier alpha value is -0.810. The van der Waals surface area contributed by atoms with E-state index in [-0.39, 0.29) is 6.03 Å². The van der Waals surface area contributed by atoms with Gasteiger partial charge in [0.25, 0.3) is 0 Å². The van der Waals surface area contributed by atoms with Crippen molar-refractivity contribution in [3.63, 3.8) is 0 Å². The van der Waals surface area contributed by atoms with E-state index in [1.807, 2.05) is 4.90 Å². The van der Waals surface area contributed by atoms with Gasteiger partial charge < -0.3 is 15.0 Å². The van der Waals surface area contributed by atoms with Crippen LogP contribution >= 0.6 is 0 Å². The first-order valence-corrected chi connectivity index (χ1v) is 6.64. The number of hydrogen-bond donors (Lipinski definition) is 1. The maximum absolute atomic E-state index is 11.5. The molecule has 3 atom stereocenters. The van der Waals surface area contributed by atoms with E-state index in [1.165, 1.54) is 12.8 Å². The molecule has 5 nitrogen and oxygen atoms in total. The third-order valence-corrected chi connectivity index (χ3v) is 4.10. The van der Waals surface area contributed by atoms with Gasteiger partial charge in [-0.1, -0.05) is 0 Å². The Kier molecular flexibility index (Phi) is 2.96. The van der Waals surface area contributed by atoms with Crippen molar-refractivity contribution in [3.05, 3.63) is 0 Å². The molecular weight excluding hydrogens is 218 g/mol. The summed E-state index contributed by atoms with van der Waals surface area (Å²) in [6.45, 7) is 6.82. The van der Waals surface area contributed by atoms with Crippen LogP contribution in [0.3, 0.4) is 0 Å². The number of urea groups is 1. The van der Waals surface area contributed by atoms with Crippen molar-refractivity contribution in [1.29, 1.82) is 0 Å². The number of carbonyl (C=O) groups excluding carboxylic acids is 1. The lowest BCUT2D eigenvalue weighted by molar-refractivity contribution is 0.0175. The maximum atomic E-state index is 11.5. The van der Waals surface area contributed by atoms with Crippen LogP contribution in [0.15, 0.2) is 0 Å². The predicted octanol–water partition coefficient (Wildman–Crippen LogP) is 0.263. The summed E-state index contributed by atoms with van der Waals surface area (Å²) in [6.07, 6.45) is 3.20. The first kappa shape index (κ1) is 11.3. The topological polar surface area (TPSA) is 44.8 Å². The molecule has 3 saturated heterocycles. The second-order valence-corrected chi connectivity index (χ2v) is 5.44. The average Bonchev–Trinajstić information content (AvgIpc) is 2.87. The average molecular weight is 239 g/mol. The highest BCUT2D eigenvalue weighted by molar-refractivity contribution is 5.77. The van der Waals surface area contributed by atoms with Gasteiger partial charge in [-0.05, 0) is 19.8 Å². The molecule has 0 aromatic rings. The third kappa shape index (κ3) is 2.26. The number of nitrogens with one attached hydrogen (secondary N) is 1. The highest BCUT2D eigenvalue weighted by atomic mass is 16.5. The predicted molar refractivity (Wildman–Crippen MR) is 63.9 cm³/mol. The fourth-order valence-electron chi connectivity index (χ4n) is 3.14. The fourth-order valence-corrected chi connectivity index (χ4v) is 3.14. The summed E-state index contributed by atoms with van der Waals surface area (Å²) in [7, 11) is 0. The van der Waals surface area contributed by atoms with E-state index in [0.717, 1.165) is 32.7 Å². The van der Waals surface area contributed by atoms with Crippen LogP contribution < -0.4 is 5.32 Å². The summed E-state index contributed by atoms with van der Waals surface area (Å²) in [5, 5.41) is 2.91. The molecule has 0 radical (unpaired) electrons. The van der Waals surface area contributed by atoms with E-state index in [0.29, 0.717) is 18.2 Å². The van der Waals surface area contributed by atoms with Crippen LogP contribution in [-0.2, 0) is 4.74 Å². The number of nitrogens with zero attached hydrogens (tertiary/aromatic N) is 2. The summed E-state index contributed by atoms with van der Waals surface area (Å²) >= 11 is 0. The van der Waals surface area contributed by atoms with Gasteiger partial charge in [0.2, 0.25) is 0 Å². The molecule has 5 heteroatoms. The minimum atomic E-state index is 0.111. The lowest BCUT2D eigenvalue weighted by Gasteiger charge is -2.37. The van der Waals surface area contributed by atoms with Gasteiger partial charge in [-0.3, -0.25) is 4.90 Å². The van der Waals surface area contributed by atoms with Crippen molar-refractivity contribution in [1.82, 2.24) is 15.1 Å². The molecule has 3 fully saturated rings. The Labute approximate surface area is 102 Å². The van der Waals surface area contributed by atoms with E-state index in [4.69, 9.17) is 4.74 Å². The molecule has 2 amide bonds. The van der Waals surface area contributed by atoms with Gasteiger partial charge in [0.05, 0.1) is 18.2 Å². The quantitative estimate of drug-likeness (QED) is 0.752. The van der Waals surface area contributed by atoms with Crippen molar-refractivity contribution < 1.29 is 9.53 Å². The number of rotatable bonds is 2. The first-order valence-electron chi connectivity index (χ1n) is 6.64. The molecule has 0 aromatic heterocycles. The maximum Gasteiger partial charge on any atom is 0.317 e. The van der Waals surface area contributed by atoms with Gasteiger partial charge in [0, 0.05) is 32.7 Å². The molecule has 0 bridgehead atoms. The number of fused-ring (bicyclic) bond motifs is 1. The minimum Gasteiger partial charge on any atom is -0.374 e. The molecular formula is C12H21N3O2. The Morgan fingerprint density at radius 3 is 3.06 bits per heavy atom. The molecule has 96 valence electrons. The number of piperazine rings is 1. The second kappa shape index (κ2) is 4.46. The molecule has 1 N–H and O–H groups in total. The largest absolute Gasteiger partial charge is 0.374 e. The van der Waals surface area contributed by atoms with Crippen molar-refractivity contribution in [2.24, 2.45) is 0 Å². The summed E-state index contributed by atoms with van der Waals surface area (Å²) in [5.41, 5.74) is 0. The van der Waals surface area contributed by atoms with Crippen LogP contribution in [0.2, 0.25) is 0 Å². The van der Waals surface area contributed by atoms with Gasteiger partial charge in [0.1, 0.15) is 0 Å². The highest BCUT2D eigenvalue weighted by Gasteiger charge is 2.36. The molecule has 3 aliphatic heterocycles. The number of amides is 2. The molecule has 17 heavy (non-hydrogen) atoms. The Balaban J connectivity index is 1.51. The molecule has 0 unspecified atom stereocenters. The number of ether oxygens (including phenoxy) is 1. The van der Waals surface area contributed by atoms with Crippen LogP contribution in [0.1, 0.15) is 19.8 Å². The Morgan fingerprint density at radius 2 is 2.29 bits per heavy atom. The number of hydrogen-bond acceptors (Lipinski definition) is 3. The zero-order valence-corrected chi connectivity index (χ0v) is 10.4. The standard InChI is InChI=1S/C12H21N3O2/c1-9-2-3-11(17-9)8-14-4-5-15-10(7-14)6-13-12(15)16/h9-11H,2-8H2,1H3,(H,13,16)/t9-,10-,11+/m1/s1. The smallest absolute Gasteiger partial charge is 0.317 e. The molecule has 3 aliphatic rings.